The van der Waals surface area contributed by atoms with Crippen LogP contribution in [0.4, 0.5) is 5.82 Å². The first-order chi connectivity index (χ1) is 9.74. The van der Waals surface area contributed by atoms with Gasteiger partial charge in [-0.15, -0.1) is 0 Å². The maximum absolute atomic E-state index is 5.47. The second-order valence-corrected chi connectivity index (χ2v) is 5.47. The molecule has 0 spiro atoms. The third kappa shape index (κ3) is 3.63. The van der Waals surface area contributed by atoms with Crippen LogP contribution < -0.4 is 10.1 Å². The highest BCUT2D eigenvalue weighted by atomic mass is 32.2. The third-order valence-electron chi connectivity index (χ3n) is 2.72. The zero-order valence-corrected chi connectivity index (χ0v) is 12.8. The van der Waals surface area contributed by atoms with Gasteiger partial charge < -0.3 is 10.1 Å². The van der Waals surface area contributed by atoms with E-state index in [1.807, 2.05) is 6.07 Å². The molecule has 0 atom stereocenters. The highest BCUT2D eigenvalue weighted by molar-refractivity contribution is 7.99. The number of anilines is 1. The van der Waals surface area contributed by atoms with E-state index in [4.69, 9.17) is 4.74 Å². The van der Waals surface area contributed by atoms with Gasteiger partial charge in [0.05, 0.1) is 7.11 Å². The van der Waals surface area contributed by atoms with E-state index in [1.165, 1.54) is 5.56 Å². The molecule has 0 bridgehead atoms. The molecule has 0 amide bonds. The Hall–Kier alpha value is -1.75. The molecule has 0 unspecified atom stereocenters. The minimum atomic E-state index is 0.701. The average molecular weight is 289 g/mol. The molecule has 0 aliphatic carbocycles. The fourth-order valence-corrected chi connectivity index (χ4v) is 2.76. The highest BCUT2D eigenvalue weighted by Crippen LogP contribution is 2.36. The smallest absolute Gasteiger partial charge is 0.194 e. The van der Waals surface area contributed by atoms with Crippen molar-refractivity contribution in [3.63, 3.8) is 0 Å². The van der Waals surface area contributed by atoms with E-state index >= 15 is 0 Å². The number of hydrogen-bond donors (Lipinski definition) is 1. The molecule has 0 radical (unpaired) electrons. The second-order valence-electron chi connectivity index (χ2n) is 4.41. The van der Waals surface area contributed by atoms with E-state index in [9.17, 15) is 0 Å². The number of ether oxygens (including phenoxy) is 1. The van der Waals surface area contributed by atoms with Gasteiger partial charge in [0.2, 0.25) is 0 Å². The first-order valence-electron chi connectivity index (χ1n) is 6.62. The molecule has 1 aromatic carbocycles. The number of nitrogens with zero attached hydrogens (tertiary/aromatic N) is 2. The molecule has 0 aliphatic heterocycles. The van der Waals surface area contributed by atoms with Crippen LogP contribution in [-0.4, -0.2) is 23.6 Å². The van der Waals surface area contributed by atoms with Crippen molar-refractivity contribution in [1.82, 2.24) is 9.97 Å². The zero-order chi connectivity index (χ0) is 14.4. The summed E-state index contributed by atoms with van der Waals surface area (Å²) in [6, 6.07) is 8.32. The second kappa shape index (κ2) is 7.14. The molecule has 1 N–H and O–H groups in total. The van der Waals surface area contributed by atoms with Crippen molar-refractivity contribution < 1.29 is 4.74 Å². The van der Waals surface area contributed by atoms with Crippen LogP contribution in [-0.2, 0) is 0 Å². The van der Waals surface area contributed by atoms with Crippen molar-refractivity contribution in [2.24, 2.45) is 0 Å². The lowest BCUT2D eigenvalue weighted by Crippen LogP contribution is -2.05. The van der Waals surface area contributed by atoms with E-state index in [2.05, 4.69) is 47.3 Å². The SMILES string of the molecule is CCCNc1ncnc(Sc2cccc(C)c2)c1OC. The summed E-state index contributed by atoms with van der Waals surface area (Å²) in [5.41, 5.74) is 1.23. The molecule has 0 saturated heterocycles. The van der Waals surface area contributed by atoms with Crippen LogP contribution in [0.5, 0.6) is 5.75 Å². The minimum Gasteiger partial charge on any atom is -0.490 e. The normalized spacial score (nSPS) is 10.3. The van der Waals surface area contributed by atoms with Crippen molar-refractivity contribution in [1.29, 1.82) is 0 Å². The van der Waals surface area contributed by atoms with Crippen LogP contribution in [0.15, 0.2) is 40.5 Å². The third-order valence-corrected chi connectivity index (χ3v) is 3.70. The lowest BCUT2D eigenvalue weighted by molar-refractivity contribution is 0.400. The van der Waals surface area contributed by atoms with Crippen LogP contribution in [0.2, 0.25) is 0 Å². The molecule has 1 aromatic heterocycles. The Balaban J connectivity index is 2.26. The Labute approximate surface area is 124 Å². The van der Waals surface area contributed by atoms with Gasteiger partial charge in [-0.2, -0.15) is 0 Å². The molecular weight excluding hydrogens is 270 g/mol. The molecule has 1 heterocycles. The van der Waals surface area contributed by atoms with Gasteiger partial charge in [-0.05, 0) is 25.5 Å². The van der Waals surface area contributed by atoms with Crippen LogP contribution in [0.1, 0.15) is 18.9 Å². The van der Waals surface area contributed by atoms with Gasteiger partial charge in [0.1, 0.15) is 11.4 Å². The number of aromatic nitrogens is 2. The summed E-state index contributed by atoms with van der Waals surface area (Å²) >= 11 is 1.58. The summed E-state index contributed by atoms with van der Waals surface area (Å²) in [5, 5.41) is 4.09. The molecule has 0 saturated carbocycles. The molecule has 0 fully saturated rings. The first-order valence-corrected chi connectivity index (χ1v) is 7.43. The van der Waals surface area contributed by atoms with E-state index < -0.39 is 0 Å². The molecule has 0 aliphatic rings. The van der Waals surface area contributed by atoms with Crippen molar-refractivity contribution in [2.45, 2.75) is 30.2 Å². The summed E-state index contributed by atoms with van der Waals surface area (Å²) in [7, 11) is 1.65. The van der Waals surface area contributed by atoms with Gasteiger partial charge in [0.15, 0.2) is 11.6 Å². The fourth-order valence-electron chi connectivity index (χ4n) is 1.77. The van der Waals surface area contributed by atoms with Gasteiger partial charge in [-0.1, -0.05) is 36.4 Å². The Morgan fingerprint density at radius 1 is 1.30 bits per heavy atom. The lowest BCUT2D eigenvalue weighted by atomic mass is 10.2. The van der Waals surface area contributed by atoms with Gasteiger partial charge in [-0.3, -0.25) is 0 Å². The number of rotatable bonds is 6. The monoisotopic (exact) mass is 289 g/mol. The topological polar surface area (TPSA) is 47.0 Å². The predicted octanol–water partition coefficient (Wildman–Crippen LogP) is 3.77. The van der Waals surface area contributed by atoms with E-state index in [0.717, 1.165) is 28.7 Å². The summed E-state index contributed by atoms with van der Waals surface area (Å²) < 4.78 is 5.47. The Morgan fingerprint density at radius 3 is 2.85 bits per heavy atom. The molecule has 106 valence electrons. The average Bonchev–Trinajstić information content (AvgIpc) is 2.45. The molecule has 4 nitrogen and oxygen atoms in total. The summed E-state index contributed by atoms with van der Waals surface area (Å²) in [6.45, 7) is 5.06. The van der Waals surface area contributed by atoms with Gasteiger partial charge in [-0.25, -0.2) is 9.97 Å². The number of benzene rings is 1. The predicted molar refractivity (Wildman–Crippen MR) is 82.7 cm³/mol. The number of hydrogen-bond acceptors (Lipinski definition) is 5. The molecule has 5 heteroatoms. The van der Waals surface area contributed by atoms with E-state index in [-0.39, 0.29) is 0 Å². The van der Waals surface area contributed by atoms with E-state index in [0.29, 0.717) is 5.75 Å². The minimum absolute atomic E-state index is 0.701. The number of methoxy groups -OCH3 is 1. The van der Waals surface area contributed by atoms with Gasteiger partial charge >= 0.3 is 0 Å². The van der Waals surface area contributed by atoms with Crippen LogP contribution >= 0.6 is 11.8 Å². The molecular formula is C15H19N3OS. The van der Waals surface area contributed by atoms with Gasteiger partial charge in [0.25, 0.3) is 0 Å². The summed E-state index contributed by atoms with van der Waals surface area (Å²) in [6.07, 6.45) is 2.60. The fraction of sp³-hybridized carbons (Fsp3) is 0.333. The largest absolute Gasteiger partial charge is 0.490 e. The number of aryl methyl sites for hydroxylation is 1. The van der Waals surface area contributed by atoms with Crippen LogP contribution in [0, 0.1) is 6.92 Å². The number of nitrogens with one attached hydrogen (secondary N) is 1. The van der Waals surface area contributed by atoms with Crippen molar-refractivity contribution in [3.05, 3.63) is 36.2 Å². The Morgan fingerprint density at radius 2 is 2.15 bits per heavy atom. The van der Waals surface area contributed by atoms with Crippen molar-refractivity contribution >= 4 is 17.6 Å². The zero-order valence-electron chi connectivity index (χ0n) is 12.0. The standard InChI is InChI=1S/C15H19N3OS/c1-4-8-16-14-13(19-3)15(18-10-17-14)20-12-7-5-6-11(2)9-12/h5-7,9-10H,4,8H2,1-3H3,(H,16,17,18). The summed E-state index contributed by atoms with van der Waals surface area (Å²) in [5.74, 6) is 1.45. The Bertz CT molecular complexity index is 575. The van der Waals surface area contributed by atoms with Crippen molar-refractivity contribution in [3.8, 4) is 5.75 Å². The maximum atomic E-state index is 5.47. The Kier molecular flexibility index (Phi) is 5.24. The first kappa shape index (κ1) is 14.7. The van der Waals surface area contributed by atoms with Gasteiger partial charge in [0, 0.05) is 11.4 Å². The molecule has 2 rings (SSSR count). The van der Waals surface area contributed by atoms with E-state index in [1.54, 1.807) is 25.2 Å². The summed E-state index contributed by atoms with van der Waals surface area (Å²) in [4.78, 5) is 9.72. The highest BCUT2D eigenvalue weighted by Gasteiger charge is 2.13. The van der Waals surface area contributed by atoms with Crippen LogP contribution in [0.3, 0.4) is 0 Å². The quantitative estimate of drug-likeness (QED) is 0.820. The lowest BCUT2D eigenvalue weighted by Gasteiger charge is -2.12. The molecule has 2 aromatic rings. The van der Waals surface area contributed by atoms with Crippen LogP contribution in [0.25, 0.3) is 0 Å². The molecule has 20 heavy (non-hydrogen) atoms. The maximum Gasteiger partial charge on any atom is 0.194 e. The van der Waals surface area contributed by atoms with Crippen molar-refractivity contribution in [2.75, 3.05) is 19.0 Å².